The van der Waals surface area contributed by atoms with Crippen molar-refractivity contribution in [2.75, 3.05) is 0 Å². The SMILES string of the molecule is CC1=C2C(OC(=O)O)C(OC(=O)O)CC(C)C2C(OC(=O)O)C(OC(=O)O)=C1. The van der Waals surface area contributed by atoms with Gasteiger partial charge in [0.25, 0.3) is 0 Å². The summed E-state index contributed by atoms with van der Waals surface area (Å²) >= 11 is 0. The van der Waals surface area contributed by atoms with Crippen LogP contribution in [0.3, 0.4) is 0 Å². The standard InChI is InChI=1S/C16H18O12/c1-5-3-7(25-13(17)18)12(28-16(23)24)10-6(2)4-8(26-14(19)20)11(9(5)10)27-15(21)22/h3,6,8,10-12H,4H2,1-2H3,(H,17,18)(H,19,20)(H,21,22)(H,23,24). The third-order valence-electron chi connectivity index (χ3n) is 4.55. The van der Waals surface area contributed by atoms with E-state index in [2.05, 4.69) is 4.74 Å². The average Bonchev–Trinajstić information content (AvgIpc) is 2.51. The number of ether oxygens (including phenoxy) is 4. The first kappa shape index (κ1) is 20.9. The summed E-state index contributed by atoms with van der Waals surface area (Å²) in [4.78, 5) is 44.2. The molecule has 28 heavy (non-hydrogen) atoms. The van der Waals surface area contributed by atoms with Gasteiger partial charge in [0.15, 0.2) is 18.0 Å². The quantitative estimate of drug-likeness (QED) is 0.398. The molecule has 2 aliphatic rings. The molecule has 12 nitrogen and oxygen atoms in total. The van der Waals surface area contributed by atoms with Crippen molar-refractivity contribution in [3.63, 3.8) is 0 Å². The first-order chi connectivity index (χ1) is 13.0. The Kier molecular flexibility index (Phi) is 6.01. The maximum absolute atomic E-state index is 11.1. The monoisotopic (exact) mass is 402 g/mol. The lowest BCUT2D eigenvalue weighted by Crippen LogP contribution is -2.51. The van der Waals surface area contributed by atoms with Crippen molar-refractivity contribution in [3.8, 4) is 0 Å². The fourth-order valence-electron chi connectivity index (χ4n) is 3.75. The van der Waals surface area contributed by atoms with Crippen molar-refractivity contribution in [1.29, 1.82) is 0 Å². The van der Waals surface area contributed by atoms with E-state index in [-0.39, 0.29) is 17.8 Å². The van der Waals surface area contributed by atoms with Crippen LogP contribution < -0.4 is 0 Å². The van der Waals surface area contributed by atoms with Crippen LogP contribution in [0, 0.1) is 11.8 Å². The van der Waals surface area contributed by atoms with E-state index in [9.17, 15) is 19.2 Å². The van der Waals surface area contributed by atoms with Gasteiger partial charge in [-0.25, -0.2) is 19.2 Å². The van der Waals surface area contributed by atoms with E-state index in [1.54, 1.807) is 6.92 Å². The summed E-state index contributed by atoms with van der Waals surface area (Å²) in [5, 5.41) is 35.9. The molecule has 2 rings (SSSR count). The number of rotatable bonds is 4. The molecule has 1 saturated carbocycles. The number of carbonyl (C=O) groups is 4. The van der Waals surface area contributed by atoms with Gasteiger partial charge in [-0.3, -0.25) is 0 Å². The first-order valence-corrected chi connectivity index (χ1v) is 8.03. The van der Waals surface area contributed by atoms with Crippen LogP contribution in [0.25, 0.3) is 0 Å². The van der Waals surface area contributed by atoms with Crippen LogP contribution in [0.15, 0.2) is 23.0 Å². The van der Waals surface area contributed by atoms with Gasteiger partial charge >= 0.3 is 24.6 Å². The lowest BCUT2D eigenvalue weighted by molar-refractivity contribution is -0.0725. The fraction of sp³-hybridized carbons (Fsp3) is 0.500. The zero-order valence-electron chi connectivity index (χ0n) is 14.7. The molecule has 0 aromatic rings. The van der Waals surface area contributed by atoms with Gasteiger partial charge in [0.05, 0.1) is 0 Å². The highest BCUT2D eigenvalue weighted by molar-refractivity contribution is 5.62. The Morgan fingerprint density at radius 3 is 1.93 bits per heavy atom. The van der Waals surface area contributed by atoms with Crippen molar-refractivity contribution in [3.05, 3.63) is 23.0 Å². The molecule has 0 heterocycles. The van der Waals surface area contributed by atoms with Gasteiger partial charge in [0.1, 0.15) is 6.10 Å². The lowest BCUT2D eigenvalue weighted by atomic mass is 9.67. The maximum atomic E-state index is 11.1. The van der Waals surface area contributed by atoms with Crippen LogP contribution in [0.1, 0.15) is 20.3 Å². The average molecular weight is 402 g/mol. The summed E-state index contributed by atoms with van der Waals surface area (Å²) < 4.78 is 19.1. The summed E-state index contributed by atoms with van der Waals surface area (Å²) in [6.45, 7) is 3.13. The van der Waals surface area contributed by atoms with E-state index >= 15 is 0 Å². The minimum Gasteiger partial charge on any atom is -0.450 e. The molecule has 0 radical (unpaired) electrons. The summed E-state index contributed by atoms with van der Waals surface area (Å²) in [7, 11) is 0. The lowest BCUT2D eigenvalue weighted by Gasteiger charge is -2.45. The van der Waals surface area contributed by atoms with Crippen molar-refractivity contribution in [2.45, 2.75) is 38.6 Å². The summed E-state index contributed by atoms with van der Waals surface area (Å²) in [5.41, 5.74) is 0.555. The van der Waals surface area contributed by atoms with Gasteiger partial charge < -0.3 is 39.4 Å². The number of hydrogen-bond acceptors (Lipinski definition) is 8. The maximum Gasteiger partial charge on any atom is 0.511 e. The van der Waals surface area contributed by atoms with Gasteiger partial charge in [-0.2, -0.15) is 0 Å². The Balaban J connectivity index is 2.57. The molecule has 4 N–H and O–H groups in total. The van der Waals surface area contributed by atoms with E-state index in [0.29, 0.717) is 5.57 Å². The van der Waals surface area contributed by atoms with Crippen molar-refractivity contribution in [2.24, 2.45) is 11.8 Å². The van der Waals surface area contributed by atoms with Crippen LogP contribution in [-0.2, 0) is 18.9 Å². The Hall–Kier alpha value is -3.44. The normalized spacial score (nSPS) is 29.1. The smallest absolute Gasteiger partial charge is 0.450 e. The second kappa shape index (κ2) is 8.06. The van der Waals surface area contributed by atoms with Gasteiger partial charge in [0.2, 0.25) is 0 Å². The molecule has 0 aromatic carbocycles. The van der Waals surface area contributed by atoms with Crippen LogP contribution in [-0.4, -0.2) is 63.4 Å². The molecule has 0 aromatic heterocycles. The van der Waals surface area contributed by atoms with Crippen molar-refractivity contribution in [1.82, 2.24) is 0 Å². The zero-order chi connectivity index (χ0) is 21.2. The minimum atomic E-state index is -1.70. The molecule has 0 bridgehead atoms. The Labute approximate surface area is 157 Å². The molecule has 0 aliphatic heterocycles. The molecule has 5 unspecified atom stereocenters. The molecular formula is C16H18O12. The second-order valence-electron chi connectivity index (χ2n) is 6.32. The topological polar surface area (TPSA) is 186 Å². The molecular weight excluding hydrogens is 384 g/mol. The van der Waals surface area contributed by atoms with Gasteiger partial charge in [-0.15, -0.1) is 0 Å². The Morgan fingerprint density at radius 2 is 1.43 bits per heavy atom. The largest absolute Gasteiger partial charge is 0.511 e. The first-order valence-electron chi connectivity index (χ1n) is 8.03. The molecule has 12 heteroatoms. The number of fused-ring (bicyclic) bond motifs is 1. The second-order valence-corrected chi connectivity index (χ2v) is 6.32. The molecule has 5 atom stereocenters. The number of allylic oxidation sites excluding steroid dienone is 2. The van der Waals surface area contributed by atoms with Crippen molar-refractivity contribution < 1.29 is 58.6 Å². The third kappa shape index (κ3) is 4.45. The summed E-state index contributed by atoms with van der Waals surface area (Å²) in [5.74, 6) is -1.64. The van der Waals surface area contributed by atoms with Gasteiger partial charge in [-0.1, -0.05) is 6.92 Å². The van der Waals surface area contributed by atoms with Crippen LogP contribution >= 0.6 is 0 Å². The summed E-state index contributed by atoms with van der Waals surface area (Å²) in [6.07, 6.45) is -9.48. The Bertz CT molecular complexity index is 751. The van der Waals surface area contributed by atoms with Gasteiger partial charge in [0, 0.05) is 5.92 Å². The van der Waals surface area contributed by atoms with E-state index < -0.39 is 54.8 Å². The predicted octanol–water partition coefficient (Wildman–Crippen LogP) is 2.74. The van der Waals surface area contributed by atoms with Crippen LogP contribution in [0.4, 0.5) is 19.2 Å². The van der Waals surface area contributed by atoms with Gasteiger partial charge in [-0.05, 0) is 36.5 Å². The fourth-order valence-corrected chi connectivity index (χ4v) is 3.75. The molecule has 0 spiro atoms. The van der Waals surface area contributed by atoms with Crippen molar-refractivity contribution >= 4 is 24.6 Å². The van der Waals surface area contributed by atoms with E-state index in [4.69, 9.17) is 34.6 Å². The van der Waals surface area contributed by atoms with E-state index in [1.807, 2.05) is 0 Å². The van der Waals surface area contributed by atoms with Crippen LogP contribution in [0.5, 0.6) is 0 Å². The molecule has 154 valence electrons. The Morgan fingerprint density at radius 1 is 0.893 bits per heavy atom. The minimum absolute atomic E-state index is 0.0223. The number of hydrogen-bond donors (Lipinski definition) is 4. The molecule has 2 aliphatic carbocycles. The third-order valence-corrected chi connectivity index (χ3v) is 4.55. The highest BCUT2D eigenvalue weighted by Crippen LogP contribution is 2.46. The van der Waals surface area contributed by atoms with Crippen LogP contribution in [0.2, 0.25) is 0 Å². The predicted molar refractivity (Wildman–Crippen MR) is 85.9 cm³/mol. The number of carboxylic acid groups (broad SMARTS) is 4. The molecule has 1 fully saturated rings. The molecule has 0 saturated heterocycles. The highest BCUT2D eigenvalue weighted by Gasteiger charge is 2.51. The summed E-state index contributed by atoms with van der Waals surface area (Å²) in [6, 6.07) is 0. The molecule has 0 amide bonds. The van der Waals surface area contributed by atoms with E-state index in [1.165, 1.54) is 13.0 Å². The van der Waals surface area contributed by atoms with E-state index in [0.717, 1.165) is 0 Å². The highest BCUT2D eigenvalue weighted by atomic mass is 16.7. The zero-order valence-corrected chi connectivity index (χ0v) is 14.7.